The van der Waals surface area contributed by atoms with Crippen LogP contribution in [-0.4, -0.2) is 51.8 Å². The summed E-state index contributed by atoms with van der Waals surface area (Å²) in [6.07, 6.45) is 1.09. The average Bonchev–Trinajstić information content (AvgIpc) is 1.95. The number of nitrogens with zero attached hydrogens (tertiary/aromatic N) is 1. The quantitative estimate of drug-likeness (QED) is 0.697. The Morgan fingerprint density at radius 1 is 1.33 bits per heavy atom. The van der Waals surface area contributed by atoms with Crippen LogP contribution in [0, 0.1) is 0 Å². The lowest BCUT2D eigenvalue weighted by Gasteiger charge is -2.26. The molecule has 0 aromatic heterocycles. The summed E-state index contributed by atoms with van der Waals surface area (Å²) in [6, 6.07) is -0.252. The Hall–Kier alpha value is -0.820. The summed E-state index contributed by atoms with van der Waals surface area (Å²) in [6.45, 7) is 3.63. The smallest absolute Gasteiger partial charge is 0.316 e. The van der Waals surface area contributed by atoms with Gasteiger partial charge >= 0.3 is 6.03 Å². The monoisotopic (exact) mass is 237 g/mol. The van der Waals surface area contributed by atoms with E-state index in [2.05, 4.69) is 10.0 Å². The van der Waals surface area contributed by atoms with Crippen molar-refractivity contribution in [1.82, 2.24) is 14.9 Å². The number of hydrogen-bond donors (Lipinski definition) is 2. The predicted molar refractivity (Wildman–Crippen MR) is 59.1 cm³/mol. The van der Waals surface area contributed by atoms with Gasteiger partial charge in [-0.3, -0.25) is 0 Å². The fourth-order valence-electron chi connectivity index (χ4n) is 0.993. The van der Waals surface area contributed by atoms with Gasteiger partial charge in [0, 0.05) is 26.2 Å². The molecule has 0 heterocycles. The molecule has 0 radical (unpaired) electrons. The molecule has 15 heavy (non-hydrogen) atoms. The summed E-state index contributed by atoms with van der Waals surface area (Å²) < 4.78 is 24.4. The fourth-order valence-corrected chi connectivity index (χ4v) is 2.07. The zero-order valence-corrected chi connectivity index (χ0v) is 10.6. The third kappa shape index (κ3) is 7.15. The van der Waals surface area contributed by atoms with Crippen molar-refractivity contribution in [3.05, 3.63) is 0 Å². The van der Waals surface area contributed by atoms with Gasteiger partial charge in [0.05, 0.1) is 6.26 Å². The third-order valence-corrected chi connectivity index (χ3v) is 2.47. The Kier molecular flexibility index (Phi) is 4.54. The maximum atomic E-state index is 11.2. The van der Waals surface area contributed by atoms with Crippen molar-refractivity contribution in [2.75, 3.05) is 26.9 Å². The summed E-state index contributed by atoms with van der Waals surface area (Å²) >= 11 is 0. The summed E-state index contributed by atoms with van der Waals surface area (Å²) in [4.78, 5) is 12.6. The Labute approximate surface area is 91.1 Å². The number of carbonyl (C=O) groups is 1. The second-order valence-corrected chi connectivity index (χ2v) is 6.06. The van der Waals surface area contributed by atoms with E-state index in [0.717, 1.165) is 6.26 Å². The van der Waals surface area contributed by atoms with E-state index in [4.69, 9.17) is 0 Å². The van der Waals surface area contributed by atoms with Crippen molar-refractivity contribution in [3.63, 3.8) is 0 Å². The van der Waals surface area contributed by atoms with Gasteiger partial charge in [0.25, 0.3) is 0 Å². The molecule has 0 aromatic carbocycles. The van der Waals surface area contributed by atoms with Gasteiger partial charge in [0.15, 0.2) is 0 Å². The van der Waals surface area contributed by atoms with Crippen LogP contribution in [0.3, 0.4) is 0 Å². The Balaban J connectivity index is 4.22. The van der Waals surface area contributed by atoms with Crippen LogP contribution in [0.2, 0.25) is 0 Å². The number of nitrogens with one attached hydrogen (secondary N) is 2. The molecule has 6 nitrogen and oxygen atoms in total. The highest BCUT2D eigenvalue weighted by molar-refractivity contribution is 7.88. The molecule has 0 unspecified atom stereocenters. The summed E-state index contributed by atoms with van der Waals surface area (Å²) in [5.74, 6) is 0. The minimum atomic E-state index is -3.26. The lowest BCUT2D eigenvalue weighted by molar-refractivity contribution is 0.214. The number of hydrogen-bond acceptors (Lipinski definition) is 3. The van der Waals surface area contributed by atoms with E-state index in [-0.39, 0.29) is 12.6 Å². The van der Waals surface area contributed by atoms with Gasteiger partial charge in [-0.2, -0.15) is 0 Å². The molecule has 2 N–H and O–H groups in total. The van der Waals surface area contributed by atoms with Crippen molar-refractivity contribution in [2.24, 2.45) is 0 Å². The van der Waals surface area contributed by atoms with E-state index in [1.807, 2.05) is 0 Å². The van der Waals surface area contributed by atoms with Gasteiger partial charge < -0.3 is 10.2 Å². The third-order valence-electron chi connectivity index (χ3n) is 1.55. The van der Waals surface area contributed by atoms with Crippen LogP contribution in [0.25, 0.3) is 0 Å². The molecule has 0 aromatic rings. The van der Waals surface area contributed by atoms with E-state index in [1.54, 1.807) is 27.9 Å². The normalized spacial score (nSPS) is 12.3. The van der Waals surface area contributed by atoms with Gasteiger partial charge in [-0.15, -0.1) is 0 Å². The molecular weight excluding hydrogens is 218 g/mol. The summed E-state index contributed by atoms with van der Waals surface area (Å²) in [5.41, 5.74) is -0.695. The molecule has 0 saturated carbocycles. The molecule has 0 saturated heterocycles. The van der Waals surface area contributed by atoms with Crippen molar-refractivity contribution < 1.29 is 13.2 Å². The minimum absolute atomic E-state index is 0.233. The van der Waals surface area contributed by atoms with Gasteiger partial charge in [0.2, 0.25) is 10.0 Å². The van der Waals surface area contributed by atoms with Crippen molar-refractivity contribution in [3.8, 4) is 0 Å². The molecule has 0 spiro atoms. The first kappa shape index (κ1) is 14.2. The Bertz CT molecular complexity index is 322. The van der Waals surface area contributed by atoms with Crippen LogP contribution in [0.4, 0.5) is 4.79 Å². The number of carbonyl (C=O) groups excluding carboxylic acids is 1. The standard InChI is InChI=1S/C8H19N3O3S/c1-8(2,10-15(5,13)14)6-9-7(12)11(3)4/h10H,6H2,1-5H3,(H,9,12). The molecule has 0 bridgehead atoms. The molecule has 0 fully saturated rings. The molecule has 0 aliphatic carbocycles. The van der Waals surface area contributed by atoms with E-state index in [0.29, 0.717) is 0 Å². The first-order chi connectivity index (χ1) is 6.53. The van der Waals surface area contributed by atoms with E-state index < -0.39 is 15.6 Å². The molecule has 90 valence electrons. The second kappa shape index (κ2) is 4.80. The van der Waals surface area contributed by atoms with E-state index in [9.17, 15) is 13.2 Å². The van der Waals surface area contributed by atoms with Gasteiger partial charge in [-0.05, 0) is 13.8 Å². The molecular formula is C8H19N3O3S. The highest BCUT2D eigenvalue weighted by Crippen LogP contribution is 2.01. The van der Waals surface area contributed by atoms with Crippen LogP contribution in [-0.2, 0) is 10.0 Å². The van der Waals surface area contributed by atoms with Crippen LogP contribution >= 0.6 is 0 Å². The molecule has 0 atom stereocenters. The van der Waals surface area contributed by atoms with E-state index in [1.165, 1.54) is 4.90 Å². The SMILES string of the molecule is CN(C)C(=O)NCC(C)(C)NS(C)(=O)=O. The zero-order chi connectivity index (χ0) is 12.3. The summed E-state index contributed by atoms with van der Waals surface area (Å²) in [5, 5.41) is 2.60. The van der Waals surface area contributed by atoms with Crippen molar-refractivity contribution in [1.29, 1.82) is 0 Å². The first-order valence-electron chi connectivity index (χ1n) is 4.47. The number of amides is 2. The van der Waals surface area contributed by atoms with E-state index >= 15 is 0 Å². The fraction of sp³-hybridized carbons (Fsp3) is 0.875. The lowest BCUT2D eigenvalue weighted by atomic mass is 10.1. The molecule has 2 amide bonds. The largest absolute Gasteiger partial charge is 0.336 e. The van der Waals surface area contributed by atoms with Crippen molar-refractivity contribution >= 4 is 16.1 Å². The van der Waals surface area contributed by atoms with Crippen LogP contribution in [0.5, 0.6) is 0 Å². The molecule has 0 aliphatic heterocycles. The second-order valence-electron chi connectivity index (χ2n) is 4.31. The average molecular weight is 237 g/mol. The Morgan fingerprint density at radius 3 is 2.13 bits per heavy atom. The van der Waals surface area contributed by atoms with Crippen LogP contribution < -0.4 is 10.0 Å². The zero-order valence-electron chi connectivity index (χ0n) is 9.79. The van der Waals surface area contributed by atoms with Crippen molar-refractivity contribution in [2.45, 2.75) is 19.4 Å². The lowest BCUT2D eigenvalue weighted by Crippen LogP contribution is -2.52. The van der Waals surface area contributed by atoms with Gasteiger partial charge in [-0.1, -0.05) is 0 Å². The highest BCUT2D eigenvalue weighted by atomic mass is 32.2. The molecule has 7 heteroatoms. The topological polar surface area (TPSA) is 78.5 Å². The summed E-state index contributed by atoms with van der Waals surface area (Å²) in [7, 11) is -0.0301. The minimum Gasteiger partial charge on any atom is -0.336 e. The first-order valence-corrected chi connectivity index (χ1v) is 6.37. The number of sulfonamides is 1. The number of rotatable bonds is 4. The maximum Gasteiger partial charge on any atom is 0.316 e. The highest BCUT2D eigenvalue weighted by Gasteiger charge is 2.22. The molecule has 0 aliphatic rings. The molecule has 0 rings (SSSR count). The maximum absolute atomic E-state index is 11.2. The van der Waals surface area contributed by atoms with Gasteiger partial charge in [-0.25, -0.2) is 17.9 Å². The van der Waals surface area contributed by atoms with Gasteiger partial charge in [0.1, 0.15) is 0 Å². The predicted octanol–water partition coefficient (Wildman–Crippen LogP) is -0.415. The Morgan fingerprint density at radius 2 is 1.80 bits per heavy atom. The van der Waals surface area contributed by atoms with Crippen LogP contribution in [0.1, 0.15) is 13.8 Å². The van der Waals surface area contributed by atoms with Crippen LogP contribution in [0.15, 0.2) is 0 Å². The number of urea groups is 1.